The third-order valence-corrected chi connectivity index (χ3v) is 2.51. The van der Waals surface area contributed by atoms with Crippen molar-refractivity contribution in [2.75, 3.05) is 19.7 Å². The molecule has 0 spiro atoms. The first-order valence-electron chi connectivity index (χ1n) is 6.39. The van der Waals surface area contributed by atoms with Gasteiger partial charge in [-0.1, -0.05) is 31.5 Å². The Hall–Kier alpha value is -1.06. The van der Waals surface area contributed by atoms with Crippen LogP contribution in [0.1, 0.15) is 26.2 Å². The fraction of sp³-hybridized carbons (Fsp3) is 0.571. The van der Waals surface area contributed by atoms with Crippen LogP contribution in [-0.2, 0) is 0 Å². The van der Waals surface area contributed by atoms with Crippen LogP contribution in [-0.4, -0.2) is 30.9 Å². The van der Waals surface area contributed by atoms with E-state index >= 15 is 0 Å². The van der Waals surface area contributed by atoms with Crippen molar-refractivity contribution in [1.29, 1.82) is 0 Å². The van der Waals surface area contributed by atoms with Gasteiger partial charge in [0.2, 0.25) is 0 Å². The van der Waals surface area contributed by atoms with Crippen LogP contribution in [0.2, 0.25) is 0 Å². The zero-order chi connectivity index (χ0) is 12.3. The molecule has 0 fully saturated rings. The molecule has 0 saturated carbocycles. The van der Waals surface area contributed by atoms with Gasteiger partial charge in [-0.2, -0.15) is 0 Å². The molecule has 0 saturated heterocycles. The predicted octanol–water partition coefficient (Wildman–Crippen LogP) is 2.21. The highest BCUT2D eigenvalue weighted by atomic mass is 16.5. The maximum Gasteiger partial charge on any atom is 0.119 e. The minimum absolute atomic E-state index is 0.213. The Balaban J connectivity index is 1.95. The minimum Gasteiger partial charge on any atom is -0.494 e. The highest BCUT2D eigenvalue weighted by molar-refractivity contribution is 5.20. The lowest BCUT2D eigenvalue weighted by atomic mass is 10.2. The Labute approximate surface area is 104 Å². The summed E-state index contributed by atoms with van der Waals surface area (Å²) >= 11 is 0. The van der Waals surface area contributed by atoms with Gasteiger partial charge in [-0.15, -0.1) is 0 Å². The van der Waals surface area contributed by atoms with Crippen LogP contribution in [0.25, 0.3) is 0 Å². The molecule has 1 atom stereocenters. The molecular weight excluding hydrogens is 214 g/mol. The third kappa shape index (κ3) is 6.97. The number of hydrogen-bond acceptors (Lipinski definition) is 3. The zero-order valence-electron chi connectivity index (χ0n) is 10.6. The van der Waals surface area contributed by atoms with Crippen LogP contribution in [0.4, 0.5) is 0 Å². The molecule has 0 aliphatic rings. The molecule has 0 aliphatic carbocycles. The number of ether oxygens (including phenoxy) is 1. The summed E-state index contributed by atoms with van der Waals surface area (Å²) < 4.78 is 5.56. The van der Waals surface area contributed by atoms with Crippen LogP contribution < -0.4 is 10.1 Å². The summed E-state index contributed by atoms with van der Waals surface area (Å²) in [7, 11) is 0. The van der Waals surface area contributed by atoms with Crippen molar-refractivity contribution in [3.63, 3.8) is 0 Å². The van der Waals surface area contributed by atoms with E-state index in [0.29, 0.717) is 13.2 Å². The molecule has 96 valence electrons. The van der Waals surface area contributed by atoms with Gasteiger partial charge in [-0.25, -0.2) is 0 Å². The van der Waals surface area contributed by atoms with Crippen LogP contribution in [0.3, 0.4) is 0 Å². The first kappa shape index (κ1) is 14.0. The lowest BCUT2D eigenvalue weighted by molar-refractivity contribution is 0.160. The van der Waals surface area contributed by atoms with Crippen molar-refractivity contribution >= 4 is 0 Å². The largest absolute Gasteiger partial charge is 0.494 e. The van der Waals surface area contributed by atoms with E-state index in [-0.39, 0.29) is 6.10 Å². The fourth-order valence-electron chi connectivity index (χ4n) is 1.61. The molecule has 2 N–H and O–H groups in total. The van der Waals surface area contributed by atoms with Gasteiger partial charge in [-0.3, -0.25) is 0 Å². The number of rotatable bonds is 9. The number of hydrogen-bond donors (Lipinski definition) is 2. The SMILES string of the molecule is CCCC(O)CNCCCOc1ccccc1. The van der Waals surface area contributed by atoms with Gasteiger partial charge in [-0.05, 0) is 31.5 Å². The van der Waals surface area contributed by atoms with E-state index in [4.69, 9.17) is 4.74 Å². The quantitative estimate of drug-likeness (QED) is 0.647. The van der Waals surface area contributed by atoms with Crippen molar-refractivity contribution in [1.82, 2.24) is 5.32 Å². The van der Waals surface area contributed by atoms with E-state index < -0.39 is 0 Å². The molecule has 1 aromatic rings. The molecule has 0 aliphatic heterocycles. The molecule has 1 aromatic carbocycles. The van der Waals surface area contributed by atoms with E-state index in [1.807, 2.05) is 30.3 Å². The summed E-state index contributed by atoms with van der Waals surface area (Å²) in [5.74, 6) is 0.915. The smallest absolute Gasteiger partial charge is 0.119 e. The Kier molecular flexibility index (Phi) is 7.43. The molecule has 0 heterocycles. The molecule has 0 aromatic heterocycles. The molecular formula is C14H23NO2. The van der Waals surface area contributed by atoms with E-state index in [0.717, 1.165) is 31.6 Å². The second kappa shape index (κ2) is 9.02. The van der Waals surface area contributed by atoms with E-state index in [2.05, 4.69) is 12.2 Å². The molecule has 3 nitrogen and oxygen atoms in total. The highest BCUT2D eigenvalue weighted by Crippen LogP contribution is 2.07. The van der Waals surface area contributed by atoms with Gasteiger partial charge in [0.25, 0.3) is 0 Å². The molecule has 0 amide bonds. The standard InChI is InChI=1S/C14H23NO2/c1-2-7-13(16)12-15-10-6-11-17-14-8-4-3-5-9-14/h3-5,8-9,13,15-16H,2,6-7,10-12H2,1H3. The Bertz CT molecular complexity index is 277. The van der Waals surface area contributed by atoms with Crippen LogP contribution in [0.5, 0.6) is 5.75 Å². The summed E-state index contributed by atoms with van der Waals surface area (Å²) in [6, 6.07) is 9.82. The summed E-state index contributed by atoms with van der Waals surface area (Å²) in [4.78, 5) is 0. The maximum absolute atomic E-state index is 9.49. The topological polar surface area (TPSA) is 41.5 Å². The van der Waals surface area contributed by atoms with Gasteiger partial charge >= 0.3 is 0 Å². The molecule has 0 radical (unpaired) electrons. The molecule has 17 heavy (non-hydrogen) atoms. The number of benzene rings is 1. The van der Waals surface area contributed by atoms with Gasteiger partial charge in [0, 0.05) is 6.54 Å². The van der Waals surface area contributed by atoms with Gasteiger partial charge in [0.1, 0.15) is 5.75 Å². The normalized spacial score (nSPS) is 12.4. The van der Waals surface area contributed by atoms with Crippen molar-refractivity contribution in [2.45, 2.75) is 32.3 Å². The Morgan fingerprint density at radius 1 is 1.29 bits per heavy atom. The zero-order valence-corrected chi connectivity index (χ0v) is 10.6. The summed E-state index contributed by atoms with van der Waals surface area (Å²) in [6.45, 7) is 4.35. The summed E-state index contributed by atoms with van der Waals surface area (Å²) in [6.07, 6.45) is 2.64. The average Bonchev–Trinajstić information content (AvgIpc) is 2.35. The van der Waals surface area contributed by atoms with Crippen LogP contribution in [0, 0.1) is 0 Å². The maximum atomic E-state index is 9.49. The van der Waals surface area contributed by atoms with Gasteiger partial charge < -0.3 is 15.2 Å². The van der Waals surface area contributed by atoms with E-state index in [9.17, 15) is 5.11 Å². The van der Waals surface area contributed by atoms with Crippen LogP contribution in [0.15, 0.2) is 30.3 Å². The fourth-order valence-corrected chi connectivity index (χ4v) is 1.61. The lowest BCUT2D eigenvalue weighted by Crippen LogP contribution is -2.28. The van der Waals surface area contributed by atoms with Crippen molar-refractivity contribution in [3.05, 3.63) is 30.3 Å². The van der Waals surface area contributed by atoms with Crippen LogP contribution >= 0.6 is 0 Å². The Morgan fingerprint density at radius 3 is 2.76 bits per heavy atom. The first-order chi connectivity index (χ1) is 8.33. The third-order valence-electron chi connectivity index (χ3n) is 2.51. The molecule has 1 rings (SSSR count). The average molecular weight is 237 g/mol. The molecule has 1 unspecified atom stereocenters. The van der Waals surface area contributed by atoms with E-state index in [1.165, 1.54) is 0 Å². The monoisotopic (exact) mass is 237 g/mol. The second-order valence-corrected chi connectivity index (χ2v) is 4.16. The number of para-hydroxylation sites is 1. The molecule has 0 bridgehead atoms. The lowest BCUT2D eigenvalue weighted by Gasteiger charge is -2.10. The van der Waals surface area contributed by atoms with Crippen molar-refractivity contribution < 1.29 is 9.84 Å². The second-order valence-electron chi connectivity index (χ2n) is 4.16. The van der Waals surface area contributed by atoms with Crippen molar-refractivity contribution in [3.8, 4) is 5.75 Å². The summed E-state index contributed by atoms with van der Waals surface area (Å²) in [5, 5.41) is 12.7. The van der Waals surface area contributed by atoms with Gasteiger partial charge in [0.15, 0.2) is 0 Å². The van der Waals surface area contributed by atoms with Crippen molar-refractivity contribution in [2.24, 2.45) is 0 Å². The summed E-state index contributed by atoms with van der Waals surface area (Å²) in [5.41, 5.74) is 0. The first-order valence-corrected chi connectivity index (χ1v) is 6.39. The van der Waals surface area contributed by atoms with Gasteiger partial charge in [0.05, 0.1) is 12.7 Å². The number of aliphatic hydroxyl groups is 1. The predicted molar refractivity (Wildman–Crippen MR) is 70.3 cm³/mol. The Morgan fingerprint density at radius 2 is 2.06 bits per heavy atom. The minimum atomic E-state index is -0.213. The number of nitrogens with one attached hydrogen (secondary N) is 1. The van der Waals surface area contributed by atoms with E-state index in [1.54, 1.807) is 0 Å². The highest BCUT2D eigenvalue weighted by Gasteiger charge is 2.00. The molecule has 3 heteroatoms. The number of aliphatic hydroxyl groups excluding tert-OH is 1.